The van der Waals surface area contributed by atoms with Crippen molar-refractivity contribution in [2.45, 2.75) is 18.4 Å². The molecule has 1 atom stereocenters. The van der Waals surface area contributed by atoms with Crippen molar-refractivity contribution in [1.82, 2.24) is 5.32 Å². The van der Waals surface area contributed by atoms with Gasteiger partial charge in [-0.2, -0.15) is 0 Å². The van der Waals surface area contributed by atoms with E-state index in [1.54, 1.807) is 12.1 Å². The summed E-state index contributed by atoms with van der Waals surface area (Å²) in [6, 6.07) is 19.0. The van der Waals surface area contributed by atoms with Gasteiger partial charge >= 0.3 is 12.1 Å². The van der Waals surface area contributed by atoms with Crippen LogP contribution >= 0.6 is 22.6 Å². The Morgan fingerprint density at radius 1 is 1.03 bits per heavy atom. The number of aliphatic carboxylic acids is 1. The largest absolute Gasteiger partial charge is 0.480 e. The fraction of sp³-hybridized carbons (Fsp3) is 0.167. The first-order chi connectivity index (χ1) is 14.9. The molecule has 2 N–H and O–H groups in total. The second-order valence-electron chi connectivity index (χ2n) is 7.30. The van der Waals surface area contributed by atoms with E-state index in [-0.39, 0.29) is 24.5 Å². The van der Waals surface area contributed by atoms with Crippen LogP contribution in [0, 0.1) is 9.39 Å². The van der Waals surface area contributed by atoms with Crippen molar-refractivity contribution in [3.05, 3.63) is 92.8 Å². The number of carbonyl (C=O) groups is 2. The fourth-order valence-corrected chi connectivity index (χ4v) is 4.46. The molecule has 0 bridgehead atoms. The second kappa shape index (κ2) is 9.05. The lowest BCUT2D eigenvalue weighted by atomic mass is 9.98. The van der Waals surface area contributed by atoms with Gasteiger partial charge in [0.25, 0.3) is 0 Å². The molecule has 1 aliphatic carbocycles. The zero-order valence-corrected chi connectivity index (χ0v) is 18.5. The molecular weight excluding hydrogens is 512 g/mol. The van der Waals surface area contributed by atoms with Crippen LogP contribution in [0.5, 0.6) is 0 Å². The van der Waals surface area contributed by atoms with E-state index in [4.69, 9.17) is 4.74 Å². The molecule has 0 spiro atoms. The number of benzene rings is 3. The summed E-state index contributed by atoms with van der Waals surface area (Å²) in [7, 11) is 0. The van der Waals surface area contributed by atoms with Crippen LogP contribution < -0.4 is 5.32 Å². The summed E-state index contributed by atoms with van der Waals surface area (Å²) in [6.07, 6.45) is -1.03. The molecule has 0 aromatic heterocycles. The standard InChI is InChI=1S/C24H19FINO4/c25-21-10-9-15(26)11-14(21)12-22(23(28)29)27-24(30)31-13-20-18-7-3-1-5-16(18)17-6-2-4-8-19(17)20/h1-11,20,22H,12-13H2,(H,27,30)(H,28,29)/t22-/m0/s1. The molecule has 0 unspecified atom stereocenters. The zero-order chi connectivity index (χ0) is 22.0. The molecule has 0 fully saturated rings. The molecule has 3 aromatic carbocycles. The zero-order valence-electron chi connectivity index (χ0n) is 16.3. The predicted molar refractivity (Wildman–Crippen MR) is 122 cm³/mol. The van der Waals surface area contributed by atoms with E-state index in [2.05, 4.69) is 5.32 Å². The maximum absolute atomic E-state index is 14.0. The van der Waals surface area contributed by atoms with Crippen LogP contribution in [0.2, 0.25) is 0 Å². The van der Waals surface area contributed by atoms with Gasteiger partial charge < -0.3 is 15.2 Å². The summed E-state index contributed by atoms with van der Waals surface area (Å²) in [6.45, 7) is 0.0732. The quantitative estimate of drug-likeness (QED) is 0.441. The van der Waals surface area contributed by atoms with E-state index in [0.717, 1.165) is 25.8 Å². The number of alkyl carbamates (subject to hydrolysis) is 1. The average molecular weight is 531 g/mol. The number of hydrogen-bond donors (Lipinski definition) is 2. The minimum absolute atomic E-state index is 0.0732. The van der Waals surface area contributed by atoms with Gasteiger partial charge in [0, 0.05) is 15.9 Å². The number of carboxylic acids is 1. The molecule has 7 heteroatoms. The van der Waals surface area contributed by atoms with Crippen LogP contribution in [0.3, 0.4) is 0 Å². The van der Waals surface area contributed by atoms with Crippen LogP contribution in [0.4, 0.5) is 9.18 Å². The highest BCUT2D eigenvalue weighted by Gasteiger charge is 2.30. The fourth-order valence-electron chi connectivity index (χ4n) is 3.90. The molecule has 4 rings (SSSR count). The van der Waals surface area contributed by atoms with E-state index in [9.17, 15) is 19.1 Å². The number of ether oxygens (including phenoxy) is 1. The molecule has 0 saturated heterocycles. The minimum Gasteiger partial charge on any atom is -0.480 e. The Hall–Kier alpha value is -2.94. The van der Waals surface area contributed by atoms with Gasteiger partial charge in [0.15, 0.2) is 0 Å². The van der Waals surface area contributed by atoms with Gasteiger partial charge in [-0.05, 0) is 68.6 Å². The lowest BCUT2D eigenvalue weighted by Gasteiger charge is -2.18. The molecule has 1 amide bonds. The monoisotopic (exact) mass is 531 g/mol. The summed E-state index contributed by atoms with van der Waals surface area (Å²) < 4.78 is 20.2. The highest BCUT2D eigenvalue weighted by Crippen LogP contribution is 2.44. The Labute approximate surface area is 192 Å². The third-order valence-electron chi connectivity index (χ3n) is 5.37. The smallest absolute Gasteiger partial charge is 0.407 e. The molecule has 0 heterocycles. The summed E-state index contributed by atoms with van der Waals surface area (Å²) in [5, 5.41) is 11.8. The van der Waals surface area contributed by atoms with E-state index in [1.165, 1.54) is 6.07 Å². The molecule has 1 aliphatic rings. The molecule has 0 aliphatic heterocycles. The number of nitrogens with one attached hydrogen (secondary N) is 1. The molecular formula is C24H19FINO4. The lowest BCUT2D eigenvalue weighted by Crippen LogP contribution is -2.43. The molecule has 0 saturated carbocycles. The third kappa shape index (κ3) is 4.56. The van der Waals surface area contributed by atoms with Gasteiger partial charge in [-0.15, -0.1) is 0 Å². The third-order valence-corrected chi connectivity index (χ3v) is 6.04. The van der Waals surface area contributed by atoms with Crippen LogP contribution in [-0.4, -0.2) is 29.8 Å². The highest BCUT2D eigenvalue weighted by molar-refractivity contribution is 14.1. The van der Waals surface area contributed by atoms with Crippen molar-refractivity contribution in [2.75, 3.05) is 6.61 Å². The minimum atomic E-state index is -1.30. The van der Waals surface area contributed by atoms with E-state index in [0.29, 0.717) is 0 Å². The van der Waals surface area contributed by atoms with Crippen LogP contribution in [0.25, 0.3) is 11.1 Å². The second-order valence-corrected chi connectivity index (χ2v) is 8.55. The Bertz CT molecular complexity index is 1100. The Morgan fingerprint density at radius 2 is 1.65 bits per heavy atom. The summed E-state index contributed by atoms with van der Waals surface area (Å²) >= 11 is 2.02. The van der Waals surface area contributed by atoms with Gasteiger partial charge in [-0.1, -0.05) is 48.5 Å². The van der Waals surface area contributed by atoms with Gasteiger partial charge in [-0.25, -0.2) is 14.0 Å². The number of carboxylic acid groups (broad SMARTS) is 1. The number of fused-ring (bicyclic) bond motifs is 3. The number of amides is 1. The topological polar surface area (TPSA) is 75.6 Å². The van der Waals surface area contributed by atoms with Crippen LogP contribution in [0.15, 0.2) is 66.7 Å². The Kier molecular flexibility index (Phi) is 6.22. The number of rotatable bonds is 6. The maximum Gasteiger partial charge on any atom is 0.407 e. The van der Waals surface area contributed by atoms with Gasteiger partial charge in [0.1, 0.15) is 18.5 Å². The van der Waals surface area contributed by atoms with Gasteiger partial charge in [0.05, 0.1) is 0 Å². The first-order valence-corrected chi connectivity index (χ1v) is 10.8. The Morgan fingerprint density at radius 3 is 2.26 bits per heavy atom. The first-order valence-electron chi connectivity index (χ1n) is 9.72. The van der Waals surface area contributed by atoms with Crippen molar-refractivity contribution < 1.29 is 23.8 Å². The summed E-state index contributed by atoms with van der Waals surface area (Å²) in [5.41, 5.74) is 4.55. The Balaban J connectivity index is 1.45. The number of carbonyl (C=O) groups excluding carboxylic acids is 1. The maximum atomic E-state index is 14.0. The van der Waals surface area contributed by atoms with E-state index >= 15 is 0 Å². The summed E-state index contributed by atoms with van der Waals surface area (Å²) in [4.78, 5) is 24.0. The summed E-state index contributed by atoms with van der Waals surface area (Å²) in [5.74, 6) is -1.90. The highest BCUT2D eigenvalue weighted by atomic mass is 127. The van der Waals surface area contributed by atoms with Crippen LogP contribution in [-0.2, 0) is 16.0 Å². The van der Waals surface area contributed by atoms with Crippen LogP contribution in [0.1, 0.15) is 22.6 Å². The van der Waals surface area contributed by atoms with Crippen molar-refractivity contribution in [1.29, 1.82) is 0 Å². The predicted octanol–water partition coefficient (Wildman–Crippen LogP) is 4.96. The molecule has 5 nitrogen and oxygen atoms in total. The normalized spacial score (nSPS) is 13.2. The molecule has 158 valence electrons. The van der Waals surface area contributed by atoms with Gasteiger partial charge in [-0.3, -0.25) is 0 Å². The van der Waals surface area contributed by atoms with Crippen molar-refractivity contribution in [3.63, 3.8) is 0 Å². The number of hydrogen-bond acceptors (Lipinski definition) is 3. The molecule has 31 heavy (non-hydrogen) atoms. The van der Waals surface area contributed by atoms with E-state index in [1.807, 2.05) is 71.1 Å². The van der Waals surface area contributed by atoms with Crippen molar-refractivity contribution in [2.24, 2.45) is 0 Å². The van der Waals surface area contributed by atoms with Crippen molar-refractivity contribution in [3.8, 4) is 11.1 Å². The van der Waals surface area contributed by atoms with Gasteiger partial charge in [0.2, 0.25) is 0 Å². The molecule has 3 aromatic rings. The van der Waals surface area contributed by atoms with Crippen molar-refractivity contribution >= 4 is 34.7 Å². The number of halogens is 2. The molecule has 0 radical (unpaired) electrons. The first kappa shape index (κ1) is 21.3. The average Bonchev–Trinajstić information content (AvgIpc) is 3.08. The lowest BCUT2D eigenvalue weighted by molar-refractivity contribution is -0.139. The van der Waals surface area contributed by atoms with E-state index < -0.39 is 23.9 Å². The SMILES string of the molecule is O=C(N[C@@H](Cc1cc(I)ccc1F)C(=O)O)OCC1c2ccccc2-c2ccccc21.